The van der Waals surface area contributed by atoms with Crippen molar-refractivity contribution in [1.29, 1.82) is 0 Å². The maximum absolute atomic E-state index is 11.8. The molecular formula is C12H25ClN2O2S. The Labute approximate surface area is 117 Å². The summed E-state index contributed by atoms with van der Waals surface area (Å²) in [5.74, 6) is 0.736. The summed E-state index contributed by atoms with van der Waals surface area (Å²) in [4.78, 5) is 0. The van der Waals surface area contributed by atoms with Crippen LogP contribution in [0.3, 0.4) is 0 Å². The largest absolute Gasteiger partial charge is 0.312 e. The van der Waals surface area contributed by atoms with Crippen LogP contribution in [0.15, 0.2) is 0 Å². The molecule has 0 aromatic carbocycles. The zero-order valence-electron chi connectivity index (χ0n) is 11.2. The molecule has 2 aliphatic rings. The molecule has 0 bridgehead atoms. The van der Waals surface area contributed by atoms with Crippen LogP contribution < -0.4 is 10.0 Å². The van der Waals surface area contributed by atoms with E-state index >= 15 is 0 Å². The van der Waals surface area contributed by atoms with E-state index in [4.69, 9.17) is 0 Å². The van der Waals surface area contributed by atoms with E-state index in [1.54, 1.807) is 0 Å². The number of nitrogens with one attached hydrogen (secondary N) is 2. The van der Waals surface area contributed by atoms with Crippen molar-refractivity contribution in [1.82, 2.24) is 10.0 Å². The number of rotatable bonds is 5. The molecular weight excluding hydrogens is 272 g/mol. The first kappa shape index (κ1) is 16.2. The minimum Gasteiger partial charge on any atom is -0.312 e. The fourth-order valence-electron chi connectivity index (χ4n) is 2.48. The Kier molecular flexibility index (Phi) is 5.47. The minimum absolute atomic E-state index is 0. The molecule has 0 spiro atoms. The van der Waals surface area contributed by atoms with Crippen molar-refractivity contribution in [3.63, 3.8) is 0 Å². The van der Waals surface area contributed by atoms with Crippen LogP contribution in [-0.2, 0) is 10.0 Å². The van der Waals surface area contributed by atoms with Gasteiger partial charge in [-0.1, -0.05) is 13.8 Å². The predicted octanol–water partition coefficient (Wildman–Crippen LogP) is 1.52. The zero-order chi connectivity index (χ0) is 12.5. The fraction of sp³-hybridized carbons (Fsp3) is 1.00. The van der Waals surface area contributed by atoms with Gasteiger partial charge in [0.2, 0.25) is 10.0 Å². The van der Waals surface area contributed by atoms with Gasteiger partial charge in [-0.05, 0) is 43.6 Å². The highest BCUT2D eigenvalue weighted by atomic mass is 35.5. The van der Waals surface area contributed by atoms with Crippen molar-refractivity contribution in [3.05, 3.63) is 0 Å². The number of piperidine rings is 1. The molecule has 1 aliphatic heterocycles. The maximum atomic E-state index is 11.8. The lowest BCUT2D eigenvalue weighted by Crippen LogP contribution is -2.53. The van der Waals surface area contributed by atoms with Crippen LogP contribution in [0.4, 0.5) is 0 Å². The highest BCUT2D eigenvalue weighted by Gasteiger charge is 2.33. The van der Waals surface area contributed by atoms with E-state index in [2.05, 4.69) is 23.9 Å². The Hall–Kier alpha value is 0.160. The van der Waals surface area contributed by atoms with Gasteiger partial charge in [0.1, 0.15) is 0 Å². The van der Waals surface area contributed by atoms with E-state index in [-0.39, 0.29) is 23.9 Å². The van der Waals surface area contributed by atoms with E-state index in [0.29, 0.717) is 18.2 Å². The van der Waals surface area contributed by atoms with Gasteiger partial charge in [0.05, 0.1) is 5.75 Å². The quantitative estimate of drug-likeness (QED) is 0.809. The molecule has 1 saturated carbocycles. The van der Waals surface area contributed by atoms with E-state index < -0.39 is 10.0 Å². The molecule has 0 amide bonds. The Balaban J connectivity index is 0.00000162. The van der Waals surface area contributed by atoms with E-state index in [9.17, 15) is 8.42 Å². The summed E-state index contributed by atoms with van der Waals surface area (Å²) in [6.45, 7) is 5.94. The lowest BCUT2D eigenvalue weighted by Gasteiger charge is -2.39. The Bertz CT molecular complexity index is 366. The molecule has 2 rings (SSSR count). The number of hydrogen-bond donors (Lipinski definition) is 2. The van der Waals surface area contributed by atoms with Crippen molar-refractivity contribution in [2.75, 3.05) is 18.8 Å². The summed E-state index contributed by atoms with van der Waals surface area (Å²) in [6, 6.07) is 0.255. The van der Waals surface area contributed by atoms with Crippen LogP contribution in [0, 0.1) is 11.3 Å². The first-order valence-electron chi connectivity index (χ1n) is 6.60. The van der Waals surface area contributed by atoms with Gasteiger partial charge in [-0.15, -0.1) is 12.4 Å². The van der Waals surface area contributed by atoms with Crippen LogP contribution in [0.5, 0.6) is 0 Å². The average Bonchev–Trinajstić information content (AvgIpc) is 2.98. The highest BCUT2D eigenvalue weighted by Crippen LogP contribution is 2.31. The molecule has 1 saturated heterocycles. The third kappa shape index (κ3) is 4.68. The van der Waals surface area contributed by atoms with Gasteiger partial charge in [0.15, 0.2) is 0 Å². The molecule has 2 N–H and O–H groups in total. The first-order chi connectivity index (χ1) is 7.89. The van der Waals surface area contributed by atoms with Gasteiger partial charge in [-0.3, -0.25) is 0 Å². The van der Waals surface area contributed by atoms with Crippen molar-refractivity contribution in [2.24, 2.45) is 11.3 Å². The molecule has 1 unspecified atom stereocenters. The van der Waals surface area contributed by atoms with Crippen LogP contribution in [0.2, 0.25) is 0 Å². The van der Waals surface area contributed by atoms with E-state index in [1.165, 1.54) is 6.42 Å². The Morgan fingerprint density at radius 1 is 1.33 bits per heavy atom. The topological polar surface area (TPSA) is 58.2 Å². The third-order valence-corrected chi connectivity index (χ3v) is 5.51. The van der Waals surface area contributed by atoms with Crippen LogP contribution in [-0.4, -0.2) is 33.3 Å². The van der Waals surface area contributed by atoms with Crippen LogP contribution >= 0.6 is 12.4 Å². The summed E-state index contributed by atoms with van der Waals surface area (Å²) in [5.41, 5.74) is 0.181. The molecule has 1 aliphatic carbocycles. The maximum Gasteiger partial charge on any atom is 0.211 e. The molecule has 4 nitrogen and oxygen atoms in total. The molecule has 0 aromatic rings. The van der Waals surface area contributed by atoms with Gasteiger partial charge >= 0.3 is 0 Å². The molecule has 18 heavy (non-hydrogen) atoms. The van der Waals surface area contributed by atoms with Gasteiger partial charge < -0.3 is 5.32 Å². The summed E-state index contributed by atoms with van der Waals surface area (Å²) in [6.07, 6.45) is 4.50. The Morgan fingerprint density at radius 3 is 2.56 bits per heavy atom. The second kappa shape index (κ2) is 6.07. The van der Waals surface area contributed by atoms with Crippen LogP contribution in [0.25, 0.3) is 0 Å². The van der Waals surface area contributed by atoms with Gasteiger partial charge in [0, 0.05) is 12.6 Å². The molecule has 0 radical (unpaired) electrons. The zero-order valence-corrected chi connectivity index (χ0v) is 12.9. The monoisotopic (exact) mass is 296 g/mol. The second-order valence-electron chi connectivity index (χ2n) is 6.17. The van der Waals surface area contributed by atoms with E-state index in [1.807, 2.05) is 0 Å². The van der Waals surface area contributed by atoms with Gasteiger partial charge in [-0.25, -0.2) is 13.1 Å². The molecule has 0 aromatic heterocycles. The van der Waals surface area contributed by atoms with Crippen molar-refractivity contribution >= 4 is 22.4 Å². The summed E-state index contributed by atoms with van der Waals surface area (Å²) >= 11 is 0. The summed E-state index contributed by atoms with van der Waals surface area (Å²) in [7, 11) is -3.06. The molecule has 1 atom stereocenters. The van der Waals surface area contributed by atoms with Gasteiger partial charge in [-0.2, -0.15) is 0 Å². The molecule has 2 fully saturated rings. The first-order valence-corrected chi connectivity index (χ1v) is 8.25. The second-order valence-corrected chi connectivity index (χ2v) is 8.02. The smallest absolute Gasteiger partial charge is 0.211 e. The third-order valence-electron chi connectivity index (χ3n) is 3.99. The number of halogens is 1. The SMILES string of the molecule is CC1(C)CCCNC1CNS(=O)(=O)CC1CC1.Cl. The normalized spacial score (nSPS) is 27.6. The van der Waals surface area contributed by atoms with Crippen molar-refractivity contribution in [3.8, 4) is 0 Å². The highest BCUT2D eigenvalue weighted by molar-refractivity contribution is 7.89. The lowest BCUT2D eigenvalue weighted by atomic mass is 9.78. The van der Waals surface area contributed by atoms with Crippen molar-refractivity contribution < 1.29 is 8.42 Å². The lowest BCUT2D eigenvalue weighted by molar-refractivity contribution is 0.181. The predicted molar refractivity (Wildman–Crippen MR) is 76.6 cm³/mol. The molecule has 108 valence electrons. The van der Waals surface area contributed by atoms with Crippen LogP contribution in [0.1, 0.15) is 39.5 Å². The average molecular weight is 297 g/mol. The number of sulfonamides is 1. The molecule has 6 heteroatoms. The van der Waals surface area contributed by atoms with Crippen molar-refractivity contribution in [2.45, 2.75) is 45.6 Å². The van der Waals surface area contributed by atoms with Gasteiger partial charge in [0.25, 0.3) is 0 Å². The fourth-order valence-corrected chi connectivity index (χ4v) is 3.98. The van der Waals surface area contributed by atoms with E-state index in [0.717, 1.165) is 25.8 Å². The summed E-state index contributed by atoms with van der Waals surface area (Å²) < 4.78 is 26.4. The molecule has 1 heterocycles. The summed E-state index contributed by atoms with van der Waals surface area (Å²) in [5, 5.41) is 3.42. The standard InChI is InChI=1S/C12H24N2O2S.ClH/c1-12(2)6-3-7-13-11(12)8-14-17(15,16)9-10-4-5-10;/h10-11,13-14H,3-9H2,1-2H3;1H. The minimum atomic E-state index is -3.06. The number of hydrogen-bond acceptors (Lipinski definition) is 3. The Morgan fingerprint density at radius 2 is 2.00 bits per heavy atom.